The van der Waals surface area contributed by atoms with Crippen molar-refractivity contribution in [3.63, 3.8) is 0 Å². The van der Waals surface area contributed by atoms with Gasteiger partial charge in [-0.1, -0.05) is 0 Å². The molecule has 0 radical (unpaired) electrons. The van der Waals surface area contributed by atoms with Crippen LogP contribution in [0.2, 0.25) is 0 Å². The third kappa shape index (κ3) is 3.43. The van der Waals surface area contributed by atoms with Crippen molar-refractivity contribution in [2.75, 3.05) is 11.9 Å². The van der Waals surface area contributed by atoms with Gasteiger partial charge in [0, 0.05) is 10.4 Å². The molecule has 1 amide bonds. The molecular weight excluding hydrogens is 306 g/mol. The highest BCUT2D eigenvalue weighted by atomic mass is 32.1. The smallest absolute Gasteiger partial charge is 0.348 e. The number of fused-ring (bicyclic) bond motifs is 1. The minimum absolute atomic E-state index is 0.307. The second kappa shape index (κ2) is 6.57. The van der Waals surface area contributed by atoms with Gasteiger partial charge < -0.3 is 15.2 Å². The number of carbonyl (C=O) groups is 3. The summed E-state index contributed by atoms with van der Waals surface area (Å²) in [6.07, 6.45) is 0. The van der Waals surface area contributed by atoms with Gasteiger partial charge in [0.1, 0.15) is 10.8 Å². The van der Waals surface area contributed by atoms with Gasteiger partial charge >= 0.3 is 11.9 Å². The molecular formula is C15H15NO5S. The van der Waals surface area contributed by atoms with Crippen LogP contribution in [0.5, 0.6) is 0 Å². The molecule has 1 unspecified atom stereocenters. The molecule has 0 aliphatic heterocycles. The number of thiophene rings is 1. The summed E-state index contributed by atoms with van der Waals surface area (Å²) in [6.45, 7) is 3.36. The van der Waals surface area contributed by atoms with Crippen molar-refractivity contribution in [1.82, 2.24) is 0 Å². The van der Waals surface area contributed by atoms with Crippen LogP contribution in [0.25, 0.3) is 10.1 Å². The van der Waals surface area contributed by atoms with E-state index in [-0.39, 0.29) is 5.97 Å². The summed E-state index contributed by atoms with van der Waals surface area (Å²) in [6, 6.07) is 6.82. The van der Waals surface area contributed by atoms with Crippen LogP contribution < -0.4 is 5.32 Å². The van der Waals surface area contributed by atoms with Crippen molar-refractivity contribution in [2.45, 2.75) is 13.8 Å². The molecule has 0 saturated heterocycles. The Balaban J connectivity index is 2.22. The van der Waals surface area contributed by atoms with Crippen LogP contribution >= 0.6 is 11.3 Å². The second-order valence-electron chi connectivity index (χ2n) is 4.63. The van der Waals surface area contributed by atoms with Crippen molar-refractivity contribution in [2.24, 2.45) is 5.92 Å². The summed E-state index contributed by atoms with van der Waals surface area (Å²) < 4.78 is 5.83. The first-order chi connectivity index (χ1) is 10.4. The average molecular weight is 321 g/mol. The largest absolute Gasteiger partial charge is 0.481 e. The van der Waals surface area contributed by atoms with E-state index >= 15 is 0 Å². The summed E-state index contributed by atoms with van der Waals surface area (Å²) in [5.41, 5.74) is 0.485. The molecule has 0 fully saturated rings. The van der Waals surface area contributed by atoms with E-state index in [0.29, 0.717) is 17.2 Å². The number of carboxylic acid groups (broad SMARTS) is 1. The van der Waals surface area contributed by atoms with Gasteiger partial charge in [0.15, 0.2) is 0 Å². The van der Waals surface area contributed by atoms with Crippen molar-refractivity contribution >= 4 is 45.0 Å². The number of hydrogen-bond acceptors (Lipinski definition) is 5. The highest BCUT2D eigenvalue weighted by Gasteiger charge is 2.20. The summed E-state index contributed by atoms with van der Waals surface area (Å²) >= 11 is 1.30. The van der Waals surface area contributed by atoms with Crippen molar-refractivity contribution in [3.8, 4) is 0 Å². The van der Waals surface area contributed by atoms with Gasteiger partial charge in [0.25, 0.3) is 0 Å². The van der Waals surface area contributed by atoms with E-state index in [2.05, 4.69) is 5.32 Å². The lowest BCUT2D eigenvalue weighted by Crippen LogP contribution is -2.26. The first-order valence-corrected chi connectivity index (χ1v) is 7.48. The van der Waals surface area contributed by atoms with Crippen LogP contribution in [-0.4, -0.2) is 29.6 Å². The lowest BCUT2D eigenvalue weighted by atomic mass is 10.1. The molecule has 1 heterocycles. The standard InChI is InChI=1S/C15H15NO5S/c1-3-21-15(20)12-7-9-6-10(4-5-11(9)22-12)16-13(17)8(2)14(18)19/h4-8H,3H2,1-2H3,(H,16,17)(H,18,19). The monoisotopic (exact) mass is 321 g/mol. The molecule has 2 N–H and O–H groups in total. The molecule has 2 rings (SSSR count). The number of esters is 1. The number of benzene rings is 1. The number of rotatable bonds is 5. The topological polar surface area (TPSA) is 92.7 Å². The lowest BCUT2D eigenvalue weighted by Gasteiger charge is -2.08. The quantitative estimate of drug-likeness (QED) is 0.652. The maximum Gasteiger partial charge on any atom is 0.348 e. The summed E-state index contributed by atoms with van der Waals surface area (Å²) in [5.74, 6) is -3.28. The van der Waals surface area contributed by atoms with Crippen LogP contribution in [0, 0.1) is 5.92 Å². The fraction of sp³-hybridized carbons (Fsp3) is 0.267. The number of carbonyl (C=O) groups excluding carboxylic acids is 2. The zero-order chi connectivity index (χ0) is 16.3. The fourth-order valence-corrected chi connectivity index (χ4v) is 2.72. The molecule has 7 heteroatoms. The van der Waals surface area contributed by atoms with Gasteiger partial charge in [-0.3, -0.25) is 9.59 Å². The predicted octanol–water partition coefficient (Wildman–Crippen LogP) is 2.74. The number of aliphatic carboxylic acids is 1. The Hall–Kier alpha value is -2.41. The maximum atomic E-state index is 11.7. The number of nitrogens with one attached hydrogen (secondary N) is 1. The zero-order valence-corrected chi connectivity index (χ0v) is 12.9. The van der Waals surface area contributed by atoms with E-state index in [4.69, 9.17) is 9.84 Å². The average Bonchev–Trinajstić information content (AvgIpc) is 2.89. The Morgan fingerprint density at radius 1 is 1.32 bits per heavy atom. The van der Waals surface area contributed by atoms with E-state index in [1.807, 2.05) is 0 Å². The van der Waals surface area contributed by atoms with E-state index < -0.39 is 17.8 Å². The normalized spacial score (nSPS) is 11.9. The minimum atomic E-state index is -1.18. The molecule has 0 spiro atoms. The molecule has 1 aromatic carbocycles. The van der Waals surface area contributed by atoms with Gasteiger partial charge in [0.2, 0.25) is 5.91 Å². The Bertz CT molecular complexity index is 737. The molecule has 0 bridgehead atoms. The third-order valence-electron chi connectivity index (χ3n) is 3.02. The molecule has 116 valence electrons. The van der Waals surface area contributed by atoms with Crippen molar-refractivity contribution in [1.29, 1.82) is 0 Å². The van der Waals surface area contributed by atoms with Crippen molar-refractivity contribution < 1.29 is 24.2 Å². The number of anilines is 1. The predicted molar refractivity (Wildman–Crippen MR) is 83.2 cm³/mol. The Kier molecular flexibility index (Phi) is 4.77. The summed E-state index contributed by atoms with van der Waals surface area (Å²) in [7, 11) is 0. The van der Waals surface area contributed by atoms with Crippen LogP contribution in [0.1, 0.15) is 23.5 Å². The summed E-state index contributed by atoms with van der Waals surface area (Å²) in [5, 5.41) is 12.1. The van der Waals surface area contributed by atoms with E-state index in [0.717, 1.165) is 10.1 Å². The van der Waals surface area contributed by atoms with Gasteiger partial charge in [0.05, 0.1) is 6.61 Å². The summed E-state index contributed by atoms with van der Waals surface area (Å²) in [4.78, 5) is 34.7. The maximum absolute atomic E-state index is 11.7. The molecule has 0 aliphatic rings. The molecule has 6 nitrogen and oxygen atoms in total. The van der Waals surface area contributed by atoms with Gasteiger partial charge in [-0.15, -0.1) is 11.3 Å². The van der Waals surface area contributed by atoms with Crippen molar-refractivity contribution in [3.05, 3.63) is 29.1 Å². The molecule has 2 aromatic rings. The first-order valence-electron chi connectivity index (χ1n) is 6.66. The molecule has 0 saturated carbocycles. The van der Waals surface area contributed by atoms with E-state index in [9.17, 15) is 14.4 Å². The lowest BCUT2D eigenvalue weighted by molar-refractivity contribution is -0.144. The molecule has 1 aromatic heterocycles. The number of amides is 1. The van der Waals surface area contributed by atoms with E-state index in [1.165, 1.54) is 18.3 Å². The third-order valence-corrected chi connectivity index (χ3v) is 4.12. The minimum Gasteiger partial charge on any atom is -0.481 e. The van der Waals surface area contributed by atoms with E-state index in [1.54, 1.807) is 31.2 Å². The fourth-order valence-electron chi connectivity index (χ4n) is 1.79. The van der Waals surface area contributed by atoms with Gasteiger partial charge in [-0.05, 0) is 43.5 Å². The molecule has 1 atom stereocenters. The highest BCUT2D eigenvalue weighted by molar-refractivity contribution is 7.20. The molecule has 0 aliphatic carbocycles. The highest BCUT2D eigenvalue weighted by Crippen LogP contribution is 2.28. The first kappa shape index (κ1) is 16.0. The Morgan fingerprint density at radius 3 is 2.68 bits per heavy atom. The second-order valence-corrected chi connectivity index (χ2v) is 5.72. The van der Waals surface area contributed by atoms with Crippen LogP contribution in [0.4, 0.5) is 5.69 Å². The van der Waals surface area contributed by atoms with Gasteiger partial charge in [-0.25, -0.2) is 4.79 Å². The Labute approximate surface area is 130 Å². The SMILES string of the molecule is CCOC(=O)c1cc2cc(NC(=O)C(C)C(=O)O)ccc2s1. The zero-order valence-electron chi connectivity index (χ0n) is 12.1. The number of ether oxygens (including phenoxy) is 1. The van der Waals surface area contributed by atoms with Crippen LogP contribution in [0.15, 0.2) is 24.3 Å². The van der Waals surface area contributed by atoms with Crippen LogP contribution in [0.3, 0.4) is 0 Å². The Morgan fingerprint density at radius 2 is 2.05 bits per heavy atom. The molecule has 22 heavy (non-hydrogen) atoms. The number of hydrogen-bond donors (Lipinski definition) is 2. The van der Waals surface area contributed by atoms with Crippen LogP contribution in [-0.2, 0) is 14.3 Å². The van der Waals surface area contributed by atoms with Gasteiger partial charge in [-0.2, -0.15) is 0 Å². The number of carboxylic acids is 1.